The predicted molar refractivity (Wildman–Crippen MR) is 66.3 cm³/mol. The van der Waals surface area contributed by atoms with E-state index in [1.807, 2.05) is 13.0 Å². The highest BCUT2D eigenvalue weighted by molar-refractivity contribution is 5.84. The molecule has 1 nitrogen and oxygen atoms in total. The lowest BCUT2D eigenvalue weighted by Crippen LogP contribution is -1.88. The largest absolute Gasteiger partial charge is 0.461 e. The SMILES string of the molecule is Cc1cc2cc(-c3c(F)cccc3F)ccc2o1. The van der Waals surface area contributed by atoms with Crippen molar-refractivity contribution >= 4 is 11.0 Å². The highest BCUT2D eigenvalue weighted by atomic mass is 19.1. The Labute approximate surface area is 103 Å². The van der Waals surface area contributed by atoms with Gasteiger partial charge in [0.25, 0.3) is 0 Å². The Morgan fingerprint density at radius 1 is 0.944 bits per heavy atom. The highest BCUT2D eigenvalue weighted by Crippen LogP contribution is 2.29. The smallest absolute Gasteiger partial charge is 0.134 e. The van der Waals surface area contributed by atoms with Gasteiger partial charge >= 0.3 is 0 Å². The maximum atomic E-state index is 13.7. The van der Waals surface area contributed by atoms with Gasteiger partial charge in [0.05, 0.1) is 5.56 Å². The molecule has 0 aliphatic rings. The molecule has 0 amide bonds. The van der Waals surface area contributed by atoms with Crippen LogP contribution in [0.1, 0.15) is 5.76 Å². The average molecular weight is 244 g/mol. The van der Waals surface area contributed by atoms with Crippen LogP contribution in [0.25, 0.3) is 22.1 Å². The van der Waals surface area contributed by atoms with Gasteiger partial charge in [0.15, 0.2) is 0 Å². The van der Waals surface area contributed by atoms with Gasteiger partial charge in [0.1, 0.15) is 23.0 Å². The molecule has 0 aliphatic carbocycles. The molecule has 0 aliphatic heterocycles. The van der Waals surface area contributed by atoms with Gasteiger partial charge in [-0.3, -0.25) is 0 Å². The van der Waals surface area contributed by atoms with Crippen molar-refractivity contribution in [3.05, 3.63) is 59.9 Å². The van der Waals surface area contributed by atoms with Crippen LogP contribution >= 0.6 is 0 Å². The molecule has 18 heavy (non-hydrogen) atoms. The zero-order valence-corrected chi connectivity index (χ0v) is 9.71. The van der Waals surface area contributed by atoms with Crippen molar-refractivity contribution in [1.29, 1.82) is 0 Å². The van der Waals surface area contributed by atoms with Gasteiger partial charge in [-0.2, -0.15) is 0 Å². The number of fused-ring (bicyclic) bond motifs is 1. The number of hydrogen-bond donors (Lipinski definition) is 0. The van der Waals surface area contributed by atoms with Crippen LogP contribution in [0.2, 0.25) is 0 Å². The van der Waals surface area contributed by atoms with Gasteiger partial charge in [-0.05, 0) is 42.8 Å². The van der Waals surface area contributed by atoms with Crippen LogP contribution < -0.4 is 0 Å². The average Bonchev–Trinajstić information content (AvgIpc) is 2.68. The molecule has 1 aromatic heterocycles. The second kappa shape index (κ2) is 3.95. The molecule has 3 heteroatoms. The molecule has 0 saturated heterocycles. The third kappa shape index (κ3) is 1.68. The zero-order chi connectivity index (χ0) is 12.7. The molecule has 0 atom stereocenters. The molecule has 2 aromatic carbocycles. The second-order valence-corrected chi connectivity index (χ2v) is 4.21. The minimum atomic E-state index is -0.561. The molecule has 0 bridgehead atoms. The van der Waals surface area contributed by atoms with E-state index in [4.69, 9.17) is 4.42 Å². The molecule has 3 aromatic rings. The molecule has 1 heterocycles. The second-order valence-electron chi connectivity index (χ2n) is 4.21. The first-order valence-electron chi connectivity index (χ1n) is 5.60. The standard InChI is InChI=1S/C15H10F2O/c1-9-7-11-8-10(5-6-14(11)18-9)15-12(16)3-2-4-13(15)17/h2-8H,1H3. The maximum Gasteiger partial charge on any atom is 0.134 e. The molecule has 0 spiro atoms. The van der Waals surface area contributed by atoms with Gasteiger partial charge in [-0.25, -0.2) is 8.78 Å². The number of benzene rings is 2. The summed E-state index contributed by atoms with van der Waals surface area (Å²) < 4.78 is 32.8. The van der Waals surface area contributed by atoms with Crippen molar-refractivity contribution in [1.82, 2.24) is 0 Å². The van der Waals surface area contributed by atoms with Gasteiger partial charge < -0.3 is 4.42 Å². The zero-order valence-electron chi connectivity index (χ0n) is 9.71. The van der Waals surface area contributed by atoms with E-state index in [1.54, 1.807) is 18.2 Å². The third-order valence-corrected chi connectivity index (χ3v) is 2.89. The van der Waals surface area contributed by atoms with Crippen molar-refractivity contribution in [2.75, 3.05) is 0 Å². The Balaban J connectivity index is 2.25. The number of aryl methyl sites for hydroxylation is 1. The first kappa shape index (κ1) is 11.0. The van der Waals surface area contributed by atoms with E-state index in [0.29, 0.717) is 11.1 Å². The van der Waals surface area contributed by atoms with Gasteiger partial charge in [0, 0.05) is 5.39 Å². The molecule has 90 valence electrons. The van der Waals surface area contributed by atoms with Crippen LogP contribution in [-0.2, 0) is 0 Å². The van der Waals surface area contributed by atoms with Gasteiger partial charge in [-0.1, -0.05) is 12.1 Å². The quantitative estimate of drug-likeness (QED) is 0.605. The summed E-state index contributed by atoms with van der Waals surface area (Å²) in [5.74, 6) is -0.347. The molecule has 0 N–H and O–H groups in total. The predicted octanol–water partition coefficient (Wildman–Crippen LogP) is 4.69. The molecular weight excluding hydrogens is 234 g/mol. The number of rotatable bonds is 1. The Morgan fingerprint density at radius 2 is 1.67 bits per heavy atom. The molecule has 3 rings (SSSR count). The summed E-state index contributed by atoms with van der Waals surface area (Å²) in [7, 11) is 0. The number of halogens is 2. The first-order chi connectivity index (χ1) is 8.65. The fourth-order valence-electron chi connectivity index (χ4n) is 2.11. The molecule has 0 unspecified atom stereocenters. The van der Waals surface area contributed by atoms with Crippen LogP contribution in [-0.4, -0.2) is 0 Å². The topological polar surface area (TPSA) is 13.1 Å². The lowest BCUT2D eigenvalue weighted by Gasteiger charge is -2.04. The fraction of sp³-hybridized carbons (Fsp3) is 0.0667. The minimum Gasteiger partial charge on any atom is -0.461 e. The van der Waals surface area contributed by atoms with E-state index in [1.165, 1.54) is 18.2 Å². The van der Waals surface area contributed by atoms with Crippen LogP contribution in [0, 0.1) is 18.6 Å². The van der Waals surface area contributed by atoms with Gasteiger partial charge in [-0.15, -0.1) is 0 Å². The molecule has 0 saturated carbocycles. The van der Waals surface area contributed by atoms with E-state index in [9.17, 15) is 8.78 Å². The van der Waals surface area contributed by atoms with E-state index >= 15 is 0 Å². The first-order valence-corrected chi connectivity index (χ1v) is 5.60. The monoisotopic (exact) mass is 244 g/mol. The van der Waals surface area contributed by atoms with E-state index in [0.717, 1.165) is 11.1 Å². The molecule has 0 radical (unpaired) electrons. The van der Waals surface area contributed by atoms with E-state index in [2.05, 4.69) is 0 Å². The Morgan fingerprint density at radius 3 is 2.39 bits per heavy atom. The Kier molecular flexibility index (Phi) is 2.40. The van der Waals surface area contributed by atoms with Gasteiger partial charge in [0.2, 0.25) is 0 Å². The lowest BCUT2D eigenvalue weighted by molar-refractivity contribution is 0.578. The lowest BCUT2D eigenvalue weighted by atomic mass is 10.0. The van der Waals surface area contributed by atoms with Crippen molar-refractivity contribution in [2.45, 2.75) is 6.92 Å². The number of furan rings is 1. The summed E-state index contributed by atoms with van der Waals surface area (Å²) in [6, 6.07) is 10.8. The van der Waals surface area contributed by atoms with Crippen LogP contribution in [0.5, 0.6) is 0 Å². The van der Waals surface area contributed by atoms with Crippen LogP contribution in [0.4, 0.5) is 8.78 Å². The van der Waals surface area contributed by atoms with Crippen molar-refractivity contribution in [2.24, 2.45) is 0 Å². The fourth-order valence-corrected chi connectivity index (χ4v) is 2.11. The number of hydrogen-bond acceptors (Lipinski definition) is 1. The van der Waals surface area contributed by atoms with Crippen LogP contribution in [0.15, 0.2) is 46.9 Å². The van der Waals surface area contributed by atoms with E-state index in [-0.39, 0.29) is 5.56 Å². The Bertz CT molecular complexity index is 708. The molecule has 0 fully saturated rings. The molecular formula is C15H10F2O. The third-order valence-electron chi connectivity index (χ3n) is 2.89. The highest BCUT2D eigenvalue weighted by Gasteiger charge is 2.12. The summed E-state index contributed by atoms with van der Waals surface area (Å²) in [5.41, 5.74) is 1.23. The van der Waals surface area contributed by atoms with Crippen LogP contribution in [0.3, 0.4) is 0 Å². The summed E-state index contributed by atoms with van der Waals surface area (Å²) >= 11 is 0. The normalized spacial score (nSPS) is 11.1. The Hall–Kier alpha value is -2.16. The summed E-state index contributed by atoms with van der Waals surface area (Å²) in [6.45, 7) is 1.84. The summed E-state index contributed by atoms with van der Waals surface area (Å²) in [5, 5.41) is 0.840. The summed E-state index contributed by atoms with van der Waals surface area (Å²) in [6.07, 6.45) is 0. The van der Waals surface area contributed by atoms with Crippen molar-refractivity contribution < 1.29 is 13.2 Å². The van der Waals surface area contributed by atoms with Crippen molar-refractivity contribution in [3.63, 3.8) is 0 Å². The van der Waals surface area contributed by atoms with Crippen molar-refractivity contribution in [3.8, 4) is 11.1 Å². The summed E-state index contributed by atoms with van der Waals surface area (Å²) in [4.78, 5) is 0. The maximum absolute atomic E-state index is 13.7. The van der Waals surface area contributed by atoms with E-state index < -0.39 is 11.6 Å². The minimum absolute atomic E-state index is 0.00162.